The number of aliphatic hydroxyl groups is 1. The molecule has 1 aliphatic heterocycles. The molecule has 1 fully saturated rings. The van der Waals surface area contributed by atoms with E-state index in [9.17, 15) is 13.5 Å². The number of benzene rings is 2. The molecular formula is C19H22ClNO4S. The first-order valence-corrected chi connectivity index (χ1v) is 10.3. The summed E-state index contributed by atoms with van der Waals surface area (Å²) in [5.74, 6) is 0. The van der Waals surface area contributed by atoms with Crippen molar-refractivity contribution >= 4 is 21.6 Å². The minimum absolute atomic E-state index is 0.130. The van der Waals surface area contributed by atoms with E-state index >= 15 is 0 Å². The highest BCUT2D eigenvalue weighted by Crippen LogP contribution is 2.25. The van der Waals surface area contributed by atoms with Gasteiger partial charge in [-0.3, -0.25) is 0 Å². The number of morpholine rings is 1. The number of ether oxygens (including phenoxy) is 1. The Labute approximate surface area is 159 Å². The zero-order chi connectivity index (χ0) is 18.7. The van der Waals surface area contributed by atoms with Gasteiger partial charge in [0.05, 0.1) is 30.3 Å². The van der Waals surface area contributed by atoms with E-state index < -0.39 is 16.1 Å². The Morgan fingerprint density at radius 2 is 1.81 bits per heavy atom. The Hall–Kier alpha value is -1.44. The number of sulfonamides is 1. The predicted molar refractivity (Wildman–Crippen MR) is 101 cm³/mol. The molecule has 140 valence electrons. The minimum atomic E-state index is -3.68. The molecule has 0 unspecified atom stereocenters. The molecule has 0 bridgehead atoms. The lowest BCUT2D eigenvalue weighted by molar-refractivity contribution is -0.0554. The predicted octanol–water partition coefficient (Wildman–Crippen LogP) is 2.64. The van der Waals surface area contributed by atoms with Gasteiger partial charge in [-0.15, -0.1) is 0 Å². The lowest BCUT2D eigenvalue weighted by atomic mass is 10.1. The Morgan fingerprint density at radius 1 is 1.15 bits per heavy atom. The van der Waals surface area contributed by atoms with Crippen LogP contribution in [0.2, 0.25) is 5.02 Å². The summed E-state index contributed by atoms with van der Waals surface area (Å²) in [5.41, 5.74) is 1.98. The SMILES string of the molecule is Cc1ccc(S(=O)(=O)N2C[C@H](CO)OC[C@@H]2Cc2ccc(Cl)cc2)cc1. The van der Waals surface area contributed by atoms with Crippen LogP contribution in [0.5, 0.6) is 0 Å². The van der Waals surface area contributed by atoms with Gasteiger partial charge in [-0.1, -0.05) is 41.4 Å². The number of aliphatic hydroxyl groups excluding tert-OH is 1. The van der Waals surface area contributed by atoms with Crippen LogP contribution >= 0.6 is 11.6 Å². The van der Waals surface area contributed by atoms with Crippen molar-refractivity contribution in [3.8, 4) is 0 Å². The molecule has 2 aromatic rings. The van der Waals surface area contributed by atoms with Crippen molar-refractivity contribution in [2.75, 3.05) is 19.8 Å². The number of hydrogen-bond donors (Lipinski definition) is 1. The molecule has 3 rings (SSSR count). The van der Waals surface area contributed by atoms with Crippen LogP contribution in [0.4, 0.5) is 0 Å². The third-order valence-electron chi connectivity index (χ3n) is 4.53. The molecule has 26 heavy (non-hydrogen) atoms. The largest absolute Gasteiger partial charge is 0.394 e. The monoisotopic (exact) mass is 395 g/mol. The van der Waals surface area contributed by atoms with Gasteiger partial charge in [0.15, 0.2) is 0 Å². The van der Waals surface area contributed by atoms with E-state index in [1.54, 1.807) is 36.4 Å². The van der Waals surface area contributed by atoms with Crippen molar-refractivity contribution in [1.82, 2.24) is 4.31 Å². The van der Waals surface area contributed by atoms with E-state index in [0.717, 1.165) is 11.1 Å². The summed E-state index contributed by atoms with van der Waals surface area (Å²) in [7, 11) is -3.68. The second-order valence-electron chi connectivity index (χ2n) is 6.51. The summed E-state index contributed by atoms with van der Waals surface area (Å²) in [4.78, 5) is 0.253. The fraction of sp³-hybridized carbons (Fsp3) is 0.368. The van der Waals surface area contributed by atoms with Crippen LogP contribution in [0, 0.1) is 6.92 Å². The zero-order valence-electron chi connectivity index (χ0n) is 14.5. The van der Waals surface area contributed by atoms with E-state index in [0.29, 0.717) is 11.4 Å². The maximum absolute atomic E-state index is 13.2. The molecule has 2 atom stereocenters. The van der Waals surface area contributed by atoms with Crippen LogP contribution in [-0.4, -0.2) is 49.7 Å². The number of rotatable bonds is 5. The highest BCUT2D eigenvalue weighted by Gasteiger charge is 2.37. The topological polar surface area (TPSA) is 66.8 Å². The zero-order valence-corrected chi connectivity index (χ0v) is 16.1. The Bertz CT molecular complexity index is 837. The van der Waals surface area contributed by atoms with Crippen LogP contribution in [-0.2, 0) is 21.2 Å². The average Bonchev–Trinajstić information content (AvgIpc) is 2.64. The normalized spacial score (nSPS) is 21.7. The lowest BCUT2D eigenvalue weighted by Gasteiger charge is -2.38. The number of hydrogen-bond acceptors (Lipinski definition) is 4. The smallest absolute Gasteiger partial charge is 0.243 e. The first kappa shape index (κ1) is 19.3. The van der Waals surface area contributed by atoms with Crippen molar-refractivity contribution in [3.63, 3.8) is 0 Å². The lowest BCUT2D eigenvalue weighted by Crippen LogP contribution is -2.53. The Morgan fingerprint density at radius 3 is 2.42 bits per heavy atom. The summed E-state index contributed by atoms with van der Waals surface area (Å²) in [6.07, 6.45) is -0.00266. The summed E-state index contributed by atoms with van der Waals surface area (Å²) < 4.78 is 33.5. The summed E-state index contributed by atoms with van der Waals surface area (Å²) >= 11 is 5.93. The molecule has 1 heterocycles. The fourth-order valence-electron chi connectivity index (χ4n) is 3.04. The molecule has 1 saturated heterocycles. The van der Waals surface area contributed by atoms with E-state index in [-0.39, 0.29) is 30.7 Å². The Kier molecular flexibility index (Phi) is 5.99. The molecule has 1 N–H and O–H groups in total. The van der Waals surface area contributed by atoms with Crippen molar-refractivity contribution in [2.45, 2.75) is 30.4 Å². The molecule has 0 aliphatic carbocycles. The van der Waals surface area contributed by atoms with Gasteiger partial charge in [-0.05, 0) is 43.2 Å². The van der Waals surface area contributed by atoms with Gasteiger partial charge in [0.1, 0.15) is 0 Å². The van der Waals surface area contributed by atoms with E-state index in [1.165, 1.54) is 4.31 Å². The molecule has 7 heteroatoms. The number of nitrogens with zero attached hydrogens (tertiary/aromatic N) is 1. The number of halogens is 1. The van der Waals surface area contributed by atoms with Crippen LogP contribution in [0.15, 0.2) is 53.4 Å². The molecule has 0 radical (unpaired) electrons. The molecule has 1 aliphatic rings. The van der Waals surface area contributed by atoms with E-state index in [4.69, 9.17) is 16.3 Å². The fourth-order valence-corrected chi connectivity index (χ4v) is 4.80. The van der Waals surface area contributed by atoms with Crippen molar-refractivity contribution in [2.24, 2.45) is 0 Å². The molecule has 0 amide bonds. The third-order valence-corrected chi connectivity index (χ3v) is 6.72. The molecular weight excluding hydrogens is 374 g/mol. The maximum Gasteiger partial charge on any atom is 0.243 e. The minimum Gasteiger partial charge on any atom is -0.394 e. The van der Waals surface area contributed by atoms with Gasteiger partial charge in [-0.2, -0.15) is 4.31 Å². The highest BCUT2D eigenvalue weighted by atomic mass is 35.5. The van der Waals surface area contributed by atoms with Gasteiger partial charge in [0, 0.05) is 11.6 Å². The molecule has 5 nitrogen and oxygen atoms in total. The first-order chi connectivity index (χ1) is 12.4. The van der Waals surface area contributed by atoms with Gasteiger partial charge in [-0.25, -0.2) is 8.42 Å². The summed E-state index contributed by atoms with van der Waals surface area (Å²) in [5, 5.41) is 10.1. The average molecular weight is 396 g/mol. The van der Waals surface area contributed by atoms with Gasteiger partial charge < -0.3 is 9.84 Å². The third kappa shape index (κ3) is 4.27. The Balaban J connectivity index is 1.89. The summed E-state index contributed by atoms with van der Waals surface area (Å²) in [6.45, 7) is 2.06. The van der Waals surface area contributed by atoms with E-state index in [1.807, 2.05) is 19.1 Å². The maximum atomic E-state index is 13.2. The quantitative estimate of drug-likeness (QED) is 0.845. The van der Waals surface area contributed by atoms with Crippen LogP contribution < -0.4 is 0 Å². The second kappa shape index (κ2) is 8.06. The molecule has 0 spiro atoms. The van der Waals surface area contributed by atoms with Gasteiger partial charge in [0.25, 0.3) is 0 Å². The first-order valence-electron chi connectivity index (χ1n) is 8.45. The van der Waals surface area contributed by atoms with Crippen molar-refractivity contribution < 1.29 is 18.3 Å². The number of aryl methyl sites for hydroxylation is 1. The van der Waals surface area contributed by atoms with Crippen molar-refractivity contribution in [1.29, 1.82) is 0 Å². The van der Waals surface area contributed by atoms with Crippen LogP contribution in [0.3, 0.4) is 0 Å². The molecule has 0 aromatic heterocycles. The van der Waals surface area contributed by atoms with Crippen LogP contribution in [0.1, 0.15) is 11.1 Å². The second-order valence-corrected chi connectivity index (χ2v) is 8.84. The highest BCUT2D eigenvalue weighted by molar-refractivity contribution is 7.89. The van der Waals surface area contributed by atoms with Crippen LogP contribution in [0.25, 0.3) is 0 Å². The van der Waals surface area contributed by atoms with Crippen molar-refractivity contribution in [3.05, 3.63) is 64.7 Å². The standard InChI is InChI=1S/C19H22ClNO4S/c1-14-2-8-19(9-3-14)26(23,24)21-11-18(12-22)25-13-17(21)10-15-4-6-16(20)7-5-15/h2-9,17-18,22H,10-13H2,1H3/t17-,18+/m0/s1. The summed E-state index contributed by atoms with van der Waals surface area (Å²) in [6, 6.07) is 13.8. The molecule has 2 aromatic carbocycles. The molecule has 0 saturated carbocycles. The van der Waals surface area contributed by atoms with Gasteiger partial charge in [0.2, 0.25) is 10.0 Å². The van der Waals surface area contributed by atoms with Gasteiger partial charge >= 0.3 is 0 Å². The van der Waals surface area contributed by atoms with E-state index in [2.05, 4.69) is 0 Å².